The van der Waals surface area contributed by atoms with Crippen LogP contribution in [0, 0.1) is 0 Å². The van der Waals surface area contributed by atoms with E-state index in [1.807, 2.05) is 0 Å². The highest BCUT2D eigenvalue weighted by molar-refractivity contribution is 6.35. The van der Waals surface area contributed by atoms with Crippen LogP contribution in [-0.4, -0.2) is 30.9 Å². The fourth-order valence-corrected chi connectivity index (χ4v) is 3.26. The molecule has 1 fully saturated rings. The van der Waals surface area contributed by atoms with Crippen LogP contribution in [0.1, 0.15) is 23.2 Å². The van der Waals surface area contributed by atoms with Crippen LogP contribution in [0.3, 0.4) is 0 Å². The molecule has 0 bridgehead atoms. The van der Waals surface area contributed by atoms with E-state index < -0.39 is 18.5 Å². The molecule has 2 aromatic rings. The van der Waals surface area contributed by atoms with Crippen molar-refractivity contribution in [2.24, 2.45) is 0 Å². The van der Waals surface area contributed by atoms with Crippen LogP contribution in [0.25, 0.3) is 0 Å². The molecule has 0 aromatic heterocycles. The number of rotatable bonds is 5. The number of esters is 1. The predicted octanol–water partition coefficient (Wildman–Crippen LogP) is 3.92. The van der Waals surface area contributed by atoms with E-state index in [1.165, 1.54) is 18.2 Å². The zero-order valence-electron chi connectivity index (χ0n) is 14.2. The summed E-state index contributed by atoms with van der Waals surface area (Å²) in [6.45, 7) is 0.253. The van der Waals surface area contributed by atoms with Gasteiger partial charge in [0.25, 0.3) is 5.91 Å². The van der Waals surface area contributed by atoms with Crippen molar-refractivity contribution < 1.29 is 19.1 Å². The van der Waals surface area contributed by atoms with Crippen molar-refractivity contribution in [3.63, 3.8) is 0 Å². The number of halogens is 2. The third-order valence-corrected chi connectivity index (χ3v) is 4.41. The summed E-state index contributed by atoms with van der Waals surface area (Å²) in [7, 11) is 0. The van der Waals surface area contributed by atoms with Crippen LogP contribution < -0.4 is 10.2 Å². The fraction of sp³-hybridized carbons (Fsp3) is 0.211. The van der Waals surface area contributed by atoms with Crippen molar-refractivity contribution in [2.75, 3.05) is 23.4 Å². The van der Waals surface area contributed by atoms with Crippen molar-refractivity contribution in [1.29, 1.82) is 0 Å². The molecule has 8 heteroatoms. The Bertz CT molecular complexity index is 864. The first-order valence-electron chi connectivity index (χ1n) is 8.26. The largest absolute Gasteiger partial charge is 0.452 e. The lowest BCUT2D eigenvalue weighted by Gasteiger charge is -2.16. The van der Waals surface area contributed by atoms with Gasteiger partial charge in [-0.05, 0) is 48.9 Å². The highest BCUT2D eigenvalue weighted by Crippen LogP contribution is 2.23. The van der Waals surface area contributed by atoms with Crippen molar-refractivity contribution in [3.05, 3.63) is 58.1 Å². The first kappa shape index (κ1) is 19.2. The quantitative estimate of drug-likeness (QED) is 0.763. The molecule has 1 N–H and O–H groups in total. The van der Waals surface area contributed by atoms with Gasteiger partial charge in [0.2, 0.25) is 5.91 Å². The average Bonchev–Trinajstić information content (AvgIpc) is 3.05. The van der Waals surface area contributed by atoms with E-state index in [9.17, 15) is 14.4 Å². The highest BCUT2D eigenvalue weighted by atomic mass is 35.5. The van der Waals surface area contributed by atoms with E-state index >= 15 is 0 Å². The standard InChI is InChI=1S/C19H16Cl2N2O4/c20-13-8-12(9-14(21)10-13)19(26)27-11-17(24)22-15-3-5-16(6-4-15)23-7-1-2-18(23)25/h3-6,8-10H,1-2,7,11H2,(H,22,24). The molecule has 1 heterocycles. The lowest BCUT2D eigenvalue weighted by atomic mass is 10.2. The first-order valence-corrected chi connectivity index (χ1v) is 9.01. The van der Waals surface area contributed by atoms with E-state index in [0.717, 1.165) is 12.1 Å². The van der Waals surface area contributed by atoms with Crippen LogP contribution in [0.4, 0.5) is 11.4 Å². The van der Waals surface area contributed by atoms with Gasteiger partial charge in [-0.3, -0.25) is 9.59 Å². The Balaban J connectivity index is 1.53. The Kier molecular flexibility index (Phi) is 5.98. The van der Waals surface area contributed by atoms with E-state index in [0.29, 0.717) is 28.7 Å². The lowest BCUT2D eigenvalue weighted by molar-refractivity contribution is -0.119. The number of amides is 2. The summed E-state index contributed by atoms with van der Waals surface area (Å²) in [5.74, 6) is -1.08. The Morgan fingerprint density at radius 2 is 1.74 bits per heavy atom. The summed E-state index contributed by atoms with van der Waals surface area (Å²) in [6, 6.07) is 11.2. The molecular weight excluding hydrogens is 391 g/mol. The zero-order chi connectivity index (χ0) is 19.4. The number of ether oxygens (including phenoxy) is 1. The Labute approximate surface area is 166 Å². The van der Waals surface area contributed by atoms with Gasteiger partial charge in [0.15, 0.2) is 6.61 Å². The van der Waals surface area contributed by atoms with Gasteiger partial charge in [-0.15, -0.1) is 0 Å². The van der Waals surface area contributed by atoms with Crippen molar-refractivity contribution in [3.8, 4) is 0 Å². The summed E-state index contributed by atoms with van der Waals surface area (Å²) in [4.78, 5) is 37.4. The van der Waals surface area contributed by atoms with Crippen molar-refractivity contribution in [2.45, 2.75) is 12.8 Å². The third kappa shape index (κ3) is 4.99. The molecular formula is C19H16Cl2N2O4. The monoisotopic (exact) mass is 406 g/mol. The molecule has 6 nitrogen and oxygen atoms in total. The molecule has 1 aliphatic rings. The minimum Gasteiger partial charge on any atom is -0.452 e. The average molecular weight is 407 g/mol. The first-order chi connectivity index (χ1) is 12.9. The summed E-state index contributed by atoms with van der Waals surface area (Å²) >= 11 is 11.7. The number of nitrogens with one attached hydrogen (secondary N) is 1. The van der Waals surface area contributed by atoms with Crippen molar-refractivity contribution in [1.82, 2.24) is 0 Å². The predicted molar refractivity (Wildman–Crippen MR) is 103 cm³/mol. The van der Waals surface area contributed by atoms with Crippen LogP contribution in [0.2, 0.25) is 10.0 Å². The Morgan fingerprint density at radius 3 is 2.33 bits per heavy atom. The Morgan fingerprint density at radius 1 is 1.07 bits per heavy atom. The number of nitrogens with zero attached hydrogens (tertiary/aromatic N) is 1. The van der Waals surface area contributed by atoms with Gasteiger partial charge in [-0.1, -0.05) is 23.2 Å². The molecule has 0 radical (unpaired) electrons. The molecule has 2 aromatic carbocycles. The molecule has 0 saturated carbocycles. The van der Waals surface area contributed by atoms with E-state index in [4.69, 9.17) is 27.9 Å². The topological polar surface area (TPSA) is 75.7 Å². The van der Waals surface area contributed by atoms with Gasteiger partial charge in [-0.25, -0.2) is 4.79 Å². The lowest BCUT2D eigenvalue weighted by Crippen LogP contribution is -2.23. The number of carbonyl (C=O) groups is 3. The van der Waals surface area contributed by atoms with Crippen LogP contribution in [0.5, 0.6) is 0 Å². The highest BCUT2D eigenvalue weighted by Gasteiger charge is 2.21. The fourth-order valence-electron chi connectivity index (χ4n) is 2.73. The zero-order valence-corrected chi connectivity index (χ0v) is 15.7. The molecule has 1 aliphatic heterocycles. The second kappa shape index (κ2) is 8.41. The molecule has 0 atom stereocenters. The SMILES string of the molecule is O=C(COC(=O)c1cc(Cl)cc(Cl)c1)Nc1ccc(N2CCCC2=O)cc1. The molecule has 2 amide bonds. The maximum Gasteiger partial charge on any atom is 0.338 e. The number of anilines is 2. The van der Waals surface area contributed by atoms with E-state index in [2.05, 4.69) is 5.32 Å². The maximum absolute atomic E-state index is 12.0. The van der Waals surface area contributed by atoms with E-state index in [1.54, 1.807) is 29.2 Å². The molecule has 3 rings (SSSR count). The second-order valence-electron chi connectivity index (χ2n) is 5.98. The Hall–Kier alpha value is -2.57. The van der Waals surface area contributed by atoms with Crippen LogP contribution >= 0.6 is 23.2 Å². The minimum absolute atomic E-state index is 0.0971. The second-order valence-corrected chi connectivity index (χ2v) is 6.85. The molecule has 0 spiro atoms. The minimum atomic E-state index is -0.697. The number of carbonyl (C=O) groups excluding carboxylic acids is 3. The molecule has 1 saturated heterocycles. The number of hydrogen-bond donors (Lipinski definition) is 1. The van der Waals surface area contributed by atoms with Crippen molar-refractivity contribution >= 4 is 52.4 Å². The van der Waals surface area contributed by atoms with Gasteiger partial charge in [0, 0.05) is 34.4 Å². The van der Waals surface area contributed by atoms with Gasteiger partial charge < -0.3 is 15.0 Å². The van der Waals surface area contributed by atoms with Gasteiger partial charge >= 0.3 is 5.97 Å². The number of hydrogen-bond acceptors (Lipinski definition) is 4. The van der Waals surface area contributed by atoms with Crippen LogP contribution in [0.15, 0.2) is 42.5 Å². The summed E-state index contributed by atoms with van der Waals surface area (Å²) < 4.78 is 4.97. The van der Waals surface area contributed by atoms with Gasteiger partial charge in [0.05, 0.1) is 5.56 Å². The number of benzene rings is 2. The smallest absolute Gasteiger partial charge is 0.338 e. The van der Waals surface area contributed by atoms with E-state index in [-0.39, 0.29) is 11.5 Å². The van der Waals surface area contributed by atoms with Gasteiger partial charge in [0.1, 0.15) is 0 Å². The molecule has 0 aliphatic carbocycles. The molecule has 140 valence electrons. The summed E-state index contributed by atoms with van der Waals surface area (Å²) in [5, 5.41) is 3.23. The third-order valence-electron chi connectivity index (χ3n) is 3.97. The summed E-state index contributed by atoms with van der Waals surface area (Å²) in [6.07, 6.45) is 1.40. The normalized spacial score (nSPS) is 13.6. The maximum atomic E-state index is 12.0. The molecule has 0 unspecified atom stereocenters. The van der Waals surface area contributed by atoms with Crippen LogP contribution in [-0.2, 0) is 14.3 Å². The summed E-state index contributed by atoms with van der Waals surface area (Å²) in [5.41, 5.74) is 1.50. The van der Waals surface area contributed by atoms with Gasteiger partial charge in [-0.2, -0.15) is 0 Å². The molecule has 27 heavy (non-hydrogen) atoms.